The predicted octanol–water partition coefficient (Wildman–Crippen LogP) is -7.45. The van der Waals surface area contributed by atoms with Gasteiger partial charge >= 0.3 is 5.97 Å². The number of hydrogen-bond donors (Lipinski definition) is 20. The highest BCUT2D eigenvalue weighted by atomic mass is 16.4. The Hall–Kier alpha value is -10.3. The van der Waals surface area contributed by atoms with Crippen molar-refractivity contribution in [2.24, 2.45) is 45.3 Å². The number of nitrogens with two attached hydrogens (primary N) is 6. The molecule has 0 saturated heterocycles. The monoisotopic (exact) mass is 1270 g/mol. The van der Waals surface area contributed by atoms with Crippen molar-refractivity contribution in [3.8, 4) is 5.75 Å². The van der Waals surface area contributed by atoms with Crippen LogP contribution in [0.4, 0.5) is 0 Å². The number of phenolic OH excluding ortho intramolecular Hbond substituents is 1. The number of carbonyl (C=O) groups excluding carboxylic acids is 12. The van der Waals surface area contributed by atoms with E-state index >= 15 is 0 Å². The number of imidazole rings is 2. The Morgan fingerprint density at radius 2 is 0.944 bits per heavy atom. The molecule has 12 amide bonds. The number of aromatic nitrogens is 4. The number of aromatic hydroxyl groups is 1. The van der Waals surface area contributed by atoms with E-state index < -0.39 is 175 Å². The van der Waals surface area contributed by atoms with Gasteiger partial charge in [-0.3, -0.25) is 62.5 Å². The molecule has 11 atom stereocenters. The second kappa shape index (κ2) is 37.4. The lowest BCUT2D eigenvalue weighted by Gasteiger charge is -2.29. The molecule has 26 N–H and O–H groups in total. The molecule has 0 unspecified atom stereocenters. The van der Waals surface area contributed by atoms with Gasteiger partial charge in [0.05, 0.1) is 25.3 Å². The Morgan fingerprint density at radius 1 is 0.522 bits per heavy atom. The first-order chi connectivity index (χ1) is 42.5. The normalized spacial score (nSPS) is 14.6. The molecule has 0 fully saturated rings. The zero-order valence-corrected chi connectivity index (χ0v) is 49.8. The molecule has 0 saturated carbocycles. The summed E-state index contributed by atoms with van der Waals surface area (Å²) in [6.45, 7) is 3.38. The molecule has 3 rings (SSSR count). The molecule has 2 heterocycles. The molecule has 0 bridgehead atoms. The highest BCUT2D eigenvalue weighted by Crippen LogP contribution is 2.15. The molecule has 1 aromatic carbocycles. The number of carbonyl (C=O) groups is 13. The number of primary amides is 3. The van der Waals surface area contributed by atoms with Crippen molar-refractivity contribution in [2.75, 3.05) is 13.2 Å². The second-order valence-electron chi connectivity index (χ2n) is 21.1. The average Bonchev–Trinajstić information content (AvgIpc) is 3.52. The molecule has 2 aromatic heterocycles. The van der Waals surface area contributed by atoms with Gasteiger partial charge in [-0.2, -0.15) is 0 Å². The summed E-state index contributed by atoms with van der Waals surface area (Å²) in [7, 11) is 0. The van der Waals surface area contributed by atoms with Crippen LogP contribution in [0.5, 0.6) is 5.75 Å². The van der Waals surface area contributed by atoms with Gasteiger partial charge in [0.1, 0.15) is 60.1 Å². The van der Waals surface area contributed by atoms with E-state index in [2.05, 4.69) is 72.8 Å². The lowest BCUT2D eigenvalue weighted by atomic mass is 9.96. The highest BCUT2D eigenvalue weighted by molar-refractivity contribution is 5.99. The zero-order valence-electron chi connectivity index (χ0n) is 49.8. The number of nitrogens with zero attached hydrogens (tertiary/aromatic N) is 3. The SMILES string of the molecule is CC[C@H](C)[C@H](NC(=O)[C@H](Cc1ccc(O)cc1)NC(=O)[C@@H](N)CCC(N)=O)C(=O)N[C@@H](CCC(N)=O)C(=O)N[C@@H](CCC(N)=O)C(=O)N[C@@H](C)C(=O)N[C@@H](Cc1cnc[nH]1)C(=O)N[C@@H](CCCN=C(N)N)C(=O)N[C@@H](CO)C(=O)N[C@@H](Cc1cnc[nH]1)C(=O)O. The van der Waals surface area contributed by atoms with Crippen LogP contribution in [0, 0.1) is 5.92 Å². The van der Waals surface area contributed by atoms with Crippen molar-refractivity contribution in [3.63, 3.8) is 0 Å². The highest BCUT2D eigenvalue weighted by Gasteiger charge is 2.37. The lowest BCUT2D eigenvalue weighted by Crippen LogP contribution is -2.61. The number of aliphatic carboxylic acids is 1. The van der Waals surface area contributed by atoms with Gasteiger partial charge in [0, 0.05) is 68.9 Å². The summed E-state index contributed by atoms with van der Waals surface area (Å²) in [4.78, 5) is 190. The van der Waals surface area contributed by atoms with E-state index in [1.807, 2.05) is 0 Å². The summed E-state index contributed by atoms with van der Waals surface area (Å²) >= 11 is 0. The molecule has 0 aliphatic carbocycles. The van der Waals surface area contributed by atoms with Gasteiger partial charge in [-0.1, -0.05) is 32.4 Å². The first-order valence-corrected chi connectivity index (χ1v) is 28.5. The van der Waals surface area contributed by atoms with Gasteiger partial charge in [0.15, 0.2) is 5.96 Å². The molecular weight excluding hydrogens is 1180 g/mol. The van der Waals surface area contributed by atoms with Crippen molar-refractivity contribution in [1.82, 2.24) is 67.8 Å². The number of carboxylic acids is 1. The van der Waals surface area contributed by atoms with Crippen LogP contribution < -0.4 is 82.3 Å². The molecule has 0 spiro atoms. The van der Waals surface area contributed by atoms with Gasteiger partial charge in [-0.05, 0) is 62.6 Å². The fourth-order valence-electron chi connectivity index (χ4n) is 8.49. The maximum Gasteiger partial charge on any atom is 0.326 e. The number of carboxylic acid groups (broad SMARTS) is 1. The Labute approximate surface area is 515 Å². The number of guanidine groups is 1. The van der Waals surface area contributed by atoms with E-state index in [9.17, 15) is 77.6 Å². The third kappa shape index (κ3) is 26.4. The van der Waals surface area contributed by atoms with Crippen molar-refractivity contribution in [2.45, 2.75) is 158 Å². The quantitative estimate of drug-likeness (QED) is 0.0143. The number of rotatable bonds is 41. The van der Waals surface area contributed by atoms with E-state index in [1.54, 1.807) is 13.8 Å². The number of aliphatic hydroxyl groups excluding tert-OH is 1. The van der Waals surface area contributed by atoms with Crippen LogP contribution in [0.3, 0.4) is 0 Å². The first-order valence-electron chi connectivity index (χ1n) is 28.5. The summed E-state index contributed by atoms with van der Waals surface area (Å²) in [5.74, 6) is -14.2. The minimum Gasteiger partial charge on any atom is -0.508 e. The van der Waals surface area contributed by atoms with Crippen LogP contribution in [-0.4, -0.2) is 192 Å². The summed E-state index contributed by atoms with van der Waals surface area (Å²) in [6.07, 6.45) is 2.10. The Kier molecular flexibility index (Phi) is 30.8. The molecule has 3 aromatic rings. The van der Waals surface area contributed by atoms with Gasteiger partial charge in [0.2, 0.25) is 70.9 Å². The summed E-state index contributed by atoms with van der Waals surface area (Å²) in [6, 6.07) is -9.85. The van der Waals surface area contributed by atoms with Gasteiger partial charge in [0.25, 0.3) is 0 Å². The van der Waals surface area contributed by atoms with Crippen LogP contribution in [0.15, 0.2) is 54.3 Å². The molecule has 36 nitrogen and oxygen atoms in total. The standard InChI is InChI=1S/C54H82N20O16/c1-4-26(2)43(74-50(86)36(18-28-7-9-31(76)10-8-28)71-45(81)32(55)11-14-40(56)77)52(88)69-35(13-16-42(58)79)48(84)68-34(12-15-41(57)78)46(82)66-27(3)44(80)70-37(19-29-21-61-24-64-29)49(85)67-33(6-5-17-63-54(59)60)47(83)73-39(23-75)51(87)72-38(53(89)90)20-30-22-62-25-65-30/h7-10,21-22,24-27,32-39,43,75-76H,4-6,11-20,23,55H2,1-3H3,(H2,56,77)(H2,57,78)(H2,58,79)(H,61,64)(H,62,65)(H,66,82)(H,67,85)(H,68,84)(H,69,88)(H,70,80)(H,71,81)(H,72,87)(H,73,83)(H,74,86)(H,89,90)(H4,59,60,63)/t26-,27-,32-,33-,34-,35-,36-,37-,38-,39-,43-/m0/s1. The minimum atomic E-state index is -1.75. The van der Waals surface area contributed by atoms with Crippen LogP contribution >= 0.6 is 0 Å². The van der Waals surface area contributed by atoms with Gasteiger partial charge in [-0.25, -0.2) is 14.8 Å². The van der Waals surface area contributed by atoms with Crippen LogP contribution in [0.1, 0.15) is 95.5 Å². The van der Waals surface area contributed by atoms with Crippen LogP contribution in [-0.2, 0) is 81.6 Å². The number of phenols is 1. The fraction of sp³-hybridized carbons (Fsp3) is 0.519. The van der Waals surface area contributed by atoms with Crippen LogP contribution in [0.2, 0.25) is 0 Å². The molecule has 90 heavy (non-hydrogen) atoms. The maximum absolute atomic E-state index is 14.3. The molecule has 0 radical (unpaired) electrons. The molecular formula is C54H82N20O16. The Morgan fingerprint density at radius 3 is 1.43 bits per heavy atom. The van der Waals surface area contributed by atoms with E-state index in [1.165, 1.54) is 56.2 Å². The van der Waals surface area contributed by atoms with E-state index in [4.69, 9.17) is 34.4 Å². The number of H-pyrrole nitrogens is 2. The van der Waals surface area contributed by atoms with Crippen molar-refractivity contribution < 1.29 is 77.6 Å². The zero-order chi connectivity index (χ0) is 67.2. The third-order valence-corrected chi connectivity index (χ3v) is 13.8. The van der Waals surface area contributed by atoms with Crippen molar-refractivity contribution in [1.29, 1.82) is 0 Å². The second-order valence-corrected chi connectivity index (χ2v) is 21.1. The van der Waals surface area contributed by atoms with Crippen molar-refractivity contribution in [3.05, 3.63) is 66.3 Å². The Balaban J connectivity index is 1.88. The smallest absolute Gasteiger partial charge is 0.326 e. The third-order valence-electron chi connectivity index (χ3n) is 13.8. The van der Waals surface area contributed by atoms with Gasteiger partial charge < -0.3 is 108 Å². The predicted molar refractivity (Wildman–Crippen MR) is 317 cm³/mol. The number of aliphatic hydroxyl groups is 1. The fourth-order valence-corrected chi connectivity index (χ4v) is 8.49. The summed E-state index contributed by atoms with van der Waals surface area (Å²) in [5, 5.41) is 51.7. The molecule has 0 aliphatic rings. The molecule has 0 aliphatic heterocycles. The average molecular weight is 1270 g/mol. The number of benzene rings is 1. The largest absolute Gasteiger partial charge is 0.508 e. The first kappa shape index (κ1) is 74.0. The number of amides is 12. The lowest BCUT2D eigenvalue weighted by molar-refractivity contribution is -0.142. The Bertz CT molecular complexity index is 2960. The van der Waals surface area contributed by atoms with E-state index in [0.29, 0.717) is 11.3 Å². The minimum absolute atomic E-state index is 0.0344. The number of aromatic amines is 2. The molecule has 36 heteroatoms. The number of aliphatic imine (C=N–C) groups is 1. The molecule has 494 valence electrons. The number of hydrogen-bond acceptors (Lipinski definition) is 19. The summed E-state index contributed by atoms with van der Waals surface area (Å²) in [5.41, 5.74) is 34.1. The van der Waals surface area contributed by atoms with E-state index in [0.717, 1.165) is 0 Å². The van der Waals surface area contributed by atoms with Crippen LogP contribution in [0.25, 0.3) is 0 Å². The maximum atomic E-state index is 14.3. The topological polar surface area (TPSA) is 617 Å². The van der Waals surface area contributed by atoms with E-state index in [-0.39, 0.29) is 75.3 Å². The van der Waals surface area contributed by atoms with Crippen molar-refractivity contribution >= 4 is 82.8 Å². The van der Waals surface area contributed by atoms with Gasteiger partial charge in [-0.15, -0.1) is 0 Å². The summed E-state index contributed by atoms with van der Waals surface area (Å²) < 4.78 is 0. The number of nitrogens with one attached hydrogen (secondary N) is 11.